The van der Waals surface area contributed by atoms with Crippen molar-refractivity contribution in [3.8, 4) is 0 Å². The number of carbonyl (C=O) groups excluding carboxylic acids is 2. The number of aliphatic hydroxyl groups excluding tert-OH is 3. The molecule has 0 aliphatic heterocycles. The molecular formula is C11H18O9. The van der Waals surface area contributed by atoms with E-state index in [-0.39, 0.29) is 5.48 Å². The first-order valence-electron chi connectivity index (χ1n) is 5.10. The van der Waals surface area contributed by atoms with Crippen LogP contribution in [0.3, 0.4) is 0 Å². The molecule has 9 heteroatoms. The highest BCUT2D eigenvalue weighted by Crippen LogP contribution is 2.33. The van der Waals surface area contributed by atoms with Gasteiger partial charge in [0.25, 0.3) is 0 Å². The molecule has 0 aromatic rings. The van der Waals surface area contributed by atoms with Gasteiger partial charge in [0.05, 0.1) is 19.8 Å². The fourth-order valence-electron chi connectivity index (χ4n) is 1.04. The lowest BCUT2D eigenvalue weighted by Gasteiger charge is -2.40. The summed E-state index contributed by atoms with van der Waals surface area (Å²) in [5.74, 6) is -5.47. The number of esters is 2. The van der Waals surface area contributed by atoms with Crippen molar-refractivity contribution in [1.82, 2.24) is 0 Å². The fourth-order valence-corrected chi connectivity index (χ4v) is 1.04. The summed E-state index contributed by atoms with van der Waals surface area (Å²) in [6.45, 7) is 3.03. The summed E-state index contributed by atoms with van der Waals surface area (Å²) in [6.07, 6.45) is 1.31. The van der Waals surface area contributed by atoms with E-state index in [1.165, 1.54) is 0 Å². The molecule has 0 saturated carbocycles. The average Bonchev–Trinajstić information content (AvgIpc) is 2.40. The van der Waals surface area contributed by atoms with Crippen LogP contribution in [0.4, 0.5) is 0 Å². The highest BCUT2D eigenvalue weighted by atomic mass is 16.8. The minimum atomic E-state index is -3.08. The van der Waals surface area contributed by atoms with Crippen LogP contribution in [0.15, 0.2) is 25.3 Å². The van der Waals surface area contributed by atoms with Crippen LogP contribution in [-0.2, 0) is 19.1 Å². The molecule has 0 aromatic heterocycles. The number of ether oxygens (including phenoxy) is 2. The molecule has 0 aliphatic rings. The van der Waals surface area contributed by atoms with Crippen LogP contribution in [0, 0.1) is 5.41 Å². The Hall–Kier alpha value is -1.78. The predicted octanol–water partition coefficient (Wildman–Crippen LogP) is -2.77. The van der Waals surface area contributed by atoms with E-state index < -0.39 is 43.1 Å². The summed E-state index contributed by atoms with van der Waals surface area (Å²) in [4.78, 5) is 22.3. The maximum Gasteiger partial charge on any atom is 0.386 e. The molecule has 0 unspecified atom stereocenters. The lowest BCUT2D eigenvalue weighted by atomic mass is 9.87. The minimum absolute atomic E-state index is 0. The van der Waals surface area contributed by atoms with Gasteiger partial charge in [0.15, 0.2) is 0 Å². The summed E-state index contributed by atoms with van der Waals surface area (Å²) in [5.41, 5.74) is -2.22. The van der Waals surface area contributed by atoms with Gasteiger partial charge in [-0.25, -0.2) is 9.59 Å². The molecule has 0 atom stereocenters. The molecular weight excluding hydrogens is 276 g/mol. The number of rotatable bonds is 8. The van der Waals surface area contributed by atoms with Crippen LogP contribution in [0.1, 0.15) is 0 Å². The molecule has 0 bridgehead atoms. The summed E-state index contributed by atoms with van der Waals surface area (Å²) >= 11 is 0. The van der Waals surface area contributed by atoms with E-state index in [0.29, 0.717) is 12.2 Å². The first-order chi connectivity index (χ1) is 8.84. The molecule has 0 fully saturated rings. The van der Waals surface area contributed by atoms with Crippen LogP contribution in [0.25, 0.3) is 0 Å². The largest absolute Gasteiger partial charge is 0.412 e. The molecule has 116 valence electrons. The fraction of sp³-hybridized carbons (Fsp3) is 0.455. The first-order valence-corrected chi connectivity index (χ1v) is 5.10. The Bertz CT molecular complexity index is 329. The first kappa shape index (κ1) is 20.5. The van der Waals surface area contributed by atoms with Crippen molar-refractivity contribution in [3.63, 3.8) is 0 Å². The Morgan fingerprint density at radius 3 is 1.45 bits per heavy atom. The molecule has 0 saturated heterocycles. The zero-order valence-corrected chi connectivity index (χ0v) is 10.6. The van der Waals surface area contributed by atoms with Crippen molar-refractivity contribution in [2.45, 2.75) is 5.97 Å². The highest BCUT2D eigenvalue weighted by Gasteiger charge is 2.57. The van der Waals surface area contributed by atoms with Gasteiger partial charge in [-0.2, -0.15) is 0 Å². The number of hydrogen-bond acceptors (Lipinski definition) is 8. The second kappa shape index (κ2) is 8.40. The van der Waals surface area contributed by atoms with Gasteiger partial charge in [-0.3, -0.25) is 0 Å². The standard InChI is InChI=1S/C11H16O8.H2O/c1-3-8(15)18-11(17,19-9(16)4-2)10(5-12,6-13)7-14;/h3-4,12-14,17H,1-2,5-7H2;1H2. The van der Waals surface area contributed by atoms with E-state index in [2.05, 4.69) is 22.6 Å². The lowest BCUT2D eigenvalue weighted by Crippen LogP contribution is -2.60. The third kappa shape index (κ3) is 4.11. The zero-order chi connectivity index (χ0) is 15.1. The zero-order valence-electron chi connectivity index (χ0n) is 10.6. The van der Waals surface area contributed by atoms with Crippen molar-refractivity contribution in [2.75, 3.05) is 19.8 Å². The predicted molar refractivity (Wildman–Crippen MR) is 64.8 cm³/mol. The Balaban J connectivity index is 0. The summed E-state index contributed by atoms with van der Waals surface area (Å²) in [7, 11) is 0. The van der Waals surface area contributed by atoms with Crippen molar-refractivity contribution in [3.05, 3.63) is 25.3 Å². The normalized spacial score (nSPS) is 11.0. The van der Waals surface area contributed by atoms with Crippen LogP contribution in [0.5, 0.6) is 0 Å². The van der Waals surface area contributed by atoms with E-state index in [9.17, 15) is 14.7 Å². The van der Waals surface area contributed by atoms with Crippen LogP contribution in [0.2, 0.25) is 0 Å². The third-order valence-electron chi connectivity index (χ3n) is 2.39. The Labute approximate surface area is 114 Å². The summed E-state index contributed by atoms with van der Waals surface area (Å²) < 4.78 is 8.85. The van der Waals surface area contributed by atoms with E-state index in [0.717, 1.165) is 0 Å². The van der Waals surface area contributed by atoms with Gasteiger partial charge in [0.2, 0.25) is 0 Å². The average molecular weight is 294 g/mol. The molecule has 0 radical (unpaired) electrons. The molecule has 6 N–H and O–H groups in total. The van der Waals surface area contributed by atoms with Gasteiger partial charge in [-0.1, -0.05) is 13.2 Å². The molecule has 20 heavy (non-hydrogen) atoms. The molecule has 0 heterocycles. The van der Waals surface area contributed by atoms with E-state index >= 15 is 0 Å². The quantitative estimate of drug-likeness (QED) is 0.212. The summed E-state index contributed by atoms with van der Waals surface area (Å²) in [6, 6.07) is 0. The molecule has 0 rings (SSSR count). The SMILES string of the molecule is C=CC(=O)OC(O)(OC(=O)C=C)C(CO)(CO)CO.O. The van der Waals surface area contributed by atoms with Gasteiger partial charge in [0.1, 0.15) is 5.41 Å². The van der Waals surface area contributed by atoms with E-state index in [1.807, 2.05) is 0 Å². The van der Waals surface area contributed by atoms with Crippen LogP contribution < -0.4 is 0 Å². The minimum Gasteiger partial charge on any atom is -0.412 e. The molecule has 0 aliphatic carbocycles. The van der Waals surface area contributed by atoms with Crippen molar-refractivity contribution >= 4 is 11.9 Å². The van der Waals surface area contributed by atoms with Crippen LogP contribution >= 0.6 is 0 Å². The molecule has 0 amide bonds. The third-order valence-corrected chi connectivity index (χ3v) is 2.39. The maximum atomic E-state index is 11.1. The maximum absolute atomic E-state index is 11.1. The molecule has 0 aromatic carbocycles. The lowest BCUT2D eigenvalue weighted by molar-refractivity contribution is -0.388. The monoisotopic (exact) mass is 294 g/mol. The second-order valence-electron chi connectivity index (χ2n) is 3.59. The van der Waals surface area contributed by atoms with Gasteiger partial charge in [0, 0.05) is 12.2 Å². The summed E-state index contributed by atoms with van der Waals surface area (Å²) in [5, 5.41) is 37.6. The number of aliphatic hydroxyl groups is 4. The van der Waals surface area contributed by atoms with Gasteiger partial charge < -0.3 is 35.4 Å². The Kier molecular flexibility index (Phi) is 8.63. The number of hydrogen-bond donors (Lipinski definition) is 4. The number of carbonyl (C=O) groups is 2. The van der Waals surface area contributed by atoms with Crippen molar-refractivity contribution < 1.29 is 45.0 Å². The highest BCUT2D eigenvalue weighted by molar-refractivity contribution is 5.83. The second-order valence-corrected chi connectivity index (χ2v) is 3.59. The Morgan fingerprint density at radius 1 is 0.950 bits per heavy atom. The van der Waals surface area contributed by atoms with E-state index in [4.69, 9.17) is 15.3 Å². The Morgan fingerprint density at radius 2 is 1.25 bits per heavy atom. The molecule has 0 spiro atoms. The topological polar surface area (TPSA) is 165 Å². The van der Waals surface area contributed by atoms with Crippen LogP contribution in [-0.4, -0.2) is 63.6 Å². The molecule has 9 nitrogen and oxygen atoms in total. The van der Waals surface area contributed by atoms with Crippen molar-refractivity contribution in [1.29, 1.82) is 0 Å². The smallest absolute Gasteiger partial charge is 0.386 e. The van der Waals surface area contributed by atoms with Crippen molar-refractivity contribution in [2.24, 2.45) is 5.41 Å². The van der Waals surface area contributed by atoms with Gasteiger partial charge in [-0.05, 0) is 0 Å². The van der Waals surface area contributed by atoms with Gasteiger partial charge >= 0.3 is 17.9 Å². The van der Waals surface area contributed by atoms with E-state index in [1.54, 1.807) is 0 Å². The van der Waals surface area contributed by atoms with Gasteiger partial charge in [-0.15, -0.1) is 0 Å².